The zero-order chi connectivity index (χ0) is 14.4. The predicted octanol–water partition coefficient (Wildman–Crippen LogP) is 2.01. The molecule has 0 unspecified atom stereocenters. The maximum absolute atomic E-state index is 11.9. The second kappa shape index (κ2) is 6.81. The summed E-state index contributed by atoms with van der Waals surface area (Å²) in [6.07, 6.45) is -4.61. The summed E-state index contributed by atoms with van der Waals surface area (Å²) in [5.41, 5.74) is 0.904. The highest BCUT2D eigenvalue weighted by atomic mass is 19.4. The summed E-state index contributed by atoms with van der Waals surface area (Å²) in [5.74, 6) is 0.583. The molecule has 0 radical (unpaired) electrons. The van der Waals surface area contributed by atoms with E-state index in [1.165, 1.54) is 0 Å². The lowest BCUT2D eigenvalue weighted by Gasteiger charge is -2.30. The van der Waals surface area contributed by atoms with Crippen LogP contribution in [0.5, 0.6) is 5.75 Å². The van der Waals surface area contributed by atoms with E-state index in [1.54, 1.807) is 12.1 Å². The smallest absolute Gasteiger partial charge is 0.489 e. The van der Waals surface area contributed by atoms with Crippen LogP contribution in [-0.2, 0) is 4.74 Å². The third-order valence-corrected chi connectivity index (χ3v) is 2.93. The van der Waals surface area contributed by atoms with Gasteiger partial charge in [-0.15, -0.1) is 13.2 Å². The molecule has 0 aromatic heterocycles. The van der Waals surface area contributed by atoms with E-state index < -0.39 is 13.0 Å². The van der Waals surface area contributed by atoms with Gasteiger partial charge in [-0.05, 0) is 12.1 Å². The fourth-order valence-electron chi connectivity index (χ4n) is 2.06. The van der Waals surface area contributed by atoms with Crippen LogP contribution in [0.3, 0.4) is 0 Å². The van der Waals surface area contributed by atoms with Gasteiger partial charge in [-0.3, -0.25) is 4.74 Å². The number of benzene rings is 1. The number of hydrogen-bond acceptors (Lipinski definition) is 4. The molecule has 7 heteroatoms. The van der Waals surface area contributed by atoms with Crippen molar-refractivity contribution in [1.29, 1.82) is 0 Å². The van der Waals surface area contributed by atoms with Gasteiger partial charge in [0.05, 0.1) is 12.3 Å². The van der Waals surface area contributed by atoms with Crippen molar-refractivity contribution in [2.24, 2.45) is 0 Å². The van der Waals surface area contributed by atoms with Gasteiger partial charge >= 0.3 is 6.36 Å². The molecule has 2 rings (SSSR count). The summed E-state index contributed by atoms with van der Waals surface area (Å²) in [4.78, 5) is 2.15. The van der Waals surface area contributed by atoms with Gasteiger partial charge in [-0.25, -0.2) is 0 Å². The van der Waals surface area contributed by atoms with Crippen molar-refractivity contribution in [3.63, 3.8) is 0 Å². The summed E-state index contributed by atoms with van der Waals surface area (Å²) in [7, 11) is 0. The third kappa shape index (κ3) is 4.57. The van der Waals surface area contributed by atoms with Gasteiger partial charge in [0.1, 0.15) is 12.4 Å². The SMILES string of the molecule is FC(F)(F)OCCOc1ccccc1N1CCNCC1. The second-order valence-electron chi connectivity index (χ2n) is 4.35. The first kappa shape index (κ1) is 14.9. The third-order valence-electron chi connectivity index (χ3n) is 2.93. The first-order valence-corrected chi connectivity index (χ1v) is 6.44. The number of rotatable bonds is 5. The number of para-hydroxylation sites is 2. The summed E-state index contributed by atoms with van der Waals surface area (Å²) < 4.78 is 44.7. The van der Waals surface area contributed by atoms with Crippen LogP contribution in [0.2, 0.25) is 0 Å². The summed E-state index contributed by atoms with van der Waals surface area (Å²) in [6, 6.07) is 7.35. The minimum absolute atomic E-state index is 0.136. The molecule has 1 fully saturated rings. The van der Waals surface area contributed by atoms with Crippen molar-refractivity contribution in [2.75, 3.05) is 44.3 Å². The largest absolute Gasteiger partial charge is 0.522 e. The van der Waals surface area contributed by atoms with Crippen LogP contribution in [-0.4, -0.2) is 45.8 Å². The first-order valence-electron chi connectivity index (χ1n) is 6.44. The number of halogens is 3. The molecule has 0 atom stereocenters. The fraction of sp³-hybridized carbons (Fsp3) is 0.538. The van der Waals surface area contributed by atoms with E-state index in [0.29, 0.717) is 5.75 Å². The van der Waals surface area contributed by atoms with Crippen LogP contribution in [0.1, 0.15) is 0 Å². The van der Waals surface area contributed by atoms with Crippen molar-refractivity contribution >= 4 is 5.69 Å². The first-order chi connectivity index (χ1) is 9.56. The highest BCUT2D eigenvalue weighted by molar-refractivity contribution is 5.58. The molecule has 1 aliphatic rings. The second-order valence-corrected chi connectivity index (χ2v) is 4.35. The van der Waals surface area contributed by atoms with Crippen molar-refractivity contribution < 1.29 is 22.6 Å². The molecule has 20 heavy (non-hydrogen) atoms. The van der Waals surface area contributed by atoms with Gasteiger partial charge in [-0.1, -0.05) is 12.1 Å². The topological polar surface area (TPSA) is 33.7 Å². The van der Waals surface area contributed by atoms with E-state index >= 15 is 0 Å². The number of nitrogens with zero attached hydrogens (tertiary/aromatic N) is 1. The molecule has 4 nitrogen and oxygen atoms in total. The zero-order valence-corrected chi connectivity index (χ0v) is 10.9. The fourth-order valence-corrected chi connectivity index (χ4v) is 2.06. The van der Waals surface area contributed by atoms with Gasteiger partial charge < -0.3 is 15.0 Å². The van der Waals surface area contributed by atoms with E-state index in [9.17, 15) is 13.2 Å². The standard InChI is InChI=1S/C13H17F3N2O2/c14-13(15,16)20-10-9-19-12-4-2-1-3-11(12)18-7-5-17-6-8-18/h1-4,17H,5-10H2. The normalized spacial score (nSPS) is 16.2. The maximum atomic E-state index is 11.9. The minimum atomic E-state index is -4.61. The molecular weight excluding hydrogens is 273 g/mol. The average molecular weight is 290 g/mol. The number of alkyl halides is 3. The van der Waals surface area contributed by atoms with Crippen LogP contribution >= 0.6 is 0 Å². The Morgan fingerprint density at radius 2 is 1.80 bits per heavy atom. The Labute approximate surface area is 115 Å². The van der Waals surface area contributed by atoms with Crippen molar-refractivity contribution in [3.8, 4) is 5.75 Å². The Kier molecular flexibility index (Phi) is 5.08. The van der Waals surface area contributed by atoms with Crippen LogP contribution < -0.4 is 15.0 Å². The quantitative estimate of drug-likeness (QED) is 0.841. The lowest BCUT2D eigenvalue weighted by Crippen LogP contribution is -2.43. The molecule has 0 amide bonds. The summed E-state index contributed by atoms with van der Waals surface area (Å²) in [5, 5.41) is 3.25. The van der Waals surface area contributed by atoms with Crippen LogP contribution in [0.25, 0.3) is 0 Å². The highest BCUT2D eigenvalue weighted by Crippen LogP contribution is 2.28. The molecular formula is C13H17F3N2O2. The van der Waals surface area contributed by atoms with E-state index in [0.717, 1.165) is 31.9 Å². The molecule has 112 valence electrons. The molecule has 1 aromatic rings. The van der Waals surface area contributed by atoms with E-state index in [2.05, 4.69) is 15.0 Å². The molecule has 0 spiro atoms. The Morgan fingerprint density at radius 1 is 1.10 bits per heavy atom. The maximum Gasteiger partial charge on any atom is 0.522 e. The summed E-state index contributed by atoms with van der Waals surface area (Å²) in [6.45, 7) is 2.80. The van der Waals surface area contributed by atoms with Crippen LogP contribution in [0, 0.1) is 0 Å². The van der Waals surface area contributed by atoms with E-state index in [-0.39, 0.29) is 6.61 Å². The number of hydrogen-bond donors (Lipinski definition) is 1. The monoisotopic (exact) mass is 290 g/mol. The Morgan fingerprint density at radius 3 is 2.50 bits per heavy atom. The van der Waals surface area contributed by atoms with Crippen LogP contribution in [0.15, 0.2) is 24.3 Å². The van der Waals surface area contributed by atoms with Crippen molar-refractivity contribution in [3.05, 3.63) is 24.3 Å². The Hall–Kier alpha value is -1.47. The van der Waals surface area contributed by atoms with E-state index in [1.807, 2.05) is 12.1 Å². The van der Waals surface area contributed by atoms with Crippen molar-refractivity contribution in [1.82, 2.24) is 5.32 Å². The molecule has 0 aliphatic carbocycles. The molecule has 0 saturated carbocycles. The molecule has 1 aliphatic heterocycles. The zero-order valence-electron chi connectivity index (χ0n) is 10.9. The number of piperazine rings is 1. The van der Waals surface area contributed by atoms with Gasteiger partial charge in [-0.2, -0.15) is 0 Å². The van der Waals surface area contributed by atoms with E-state index in [4.69, 9.17) is 4.74 Å². The van der Waals surface area contributed by atoms with Gasteiger partial charge in [0.2, 0.25) is 0 Å². The predicted molar refractivity (Wildman–Crippen MR) is 69.0 cm³/mol. The average Bonchev–Trinajstić information content (AvgIpc) is 2.44. The molecule has 0 bridgehead atoms. The molecule has 1 aromatic carbocycles. The number of anilines is 1. The lowest BCUT2D eigenvalue weighted by atomic mass is 10.2. The van der Waals surface area contributed by atoms with Crippen LogP contribution in [0.4, 0.5) is 18.9 Å². The number of ether oxygens (including phenoxy) is 2. The van der Waals surface area contributed by atoms with Crippen molar-refractivity contribution in [2.45, 2.75) is 6.36 Å². The Bertz CT molecular complexity index is 420. The van der Waals surface area contributed by atoms with Gasteiger partial charge in [0.25, 0.3) is 0 Å². The van der Waals surface area contributed by atoms with Gasteiger partial charge in [0.15, 0.2) is 0 Å². The van der Waals surface area contributed by atoms with Gasteiger partial charge in [0, 0.05) is 26.2 Å². The lowest BCUT2D eigenvalue weighted by molar-refractivity contribution is -0.325. The molecule has 1 saturated heterocycles. The highest BCUT2D eigenvalue weighted by Gasteiger charge is 2.28. The number of nitrogens with one attached hydrogen (secondary N) is 1. The Balaban J connectivity index is 1.90. The molecule has 1 heterocycles. The summed E-state index contributed by atoms with van der Waals surface area (Å²) >= 11 is 0. The molecule has 1 N–H and O–H groups in total. The minimum Gasteiger partial charge on any atom is -0.489 e.